The zero-order valence-corrected chi connectivity index (χ0v) is 28.2. The summed E-state index contributed by atoms with van der Waals surface area (Å²) in [6.45, 7) is 0. The molecular weight excluding hydrogens is 595 g/mol. The highest BCUT2D eigenvalue weighted by Gasteiger charge is 2.21. The fraction of sp³-hybridized carbons (Fsp3) is 0.261. The molecule has 0 N–H and O–H groups in total. The second-order valence-electron chi connectivity index (χ2n) is 14.3. The van der Waals surface area contributed by atoms with Crippen LogP contribution in [0.1, 0.15) is 87.2 Å². The summed E-state index contributed by atoms with van der Waals surface area (Å²) in [6.07, 6.45) is 13.5. The Morgan fingerprint density at radius 3 is 1.41 bits per heavy atom. The average molecular weight is 638 g/mol. The van der Waals surface area contributed by atoms with Crippen LogP contribution in [-0.4, -0.2) is 14.5 Å². The van der Waals surface area contributed by atoms with Crippen molar-refractivity contribution >= 4 is 21.8 Å². The van der Waals surface area contributed by atoms with Crippen molar-refractivity contribution in [3.8, 4) is 39.6 Å². The lowest BCUT2D eigenvalue weighted by molar-refractivity contribution is 0.444. The molecule has 0 bridgehead atoms. The van der Waals surface area contributed by atoms with Gasteiger partial charge in [-0.2, -0.15) is 0 Å². The molecule has 2 aliphatic carbocycles. The van der Waals surface area contributed by atoms with Gasteiger partial charge in [0.1, 0.15) is 0 Å². The van der Waals surface area contributed by atoms with E-state index in [2.05, 4.69) is 108 Å². The first-order valence-electron chi connectivity index (χ1n) is 18.5. The number of hydrogen-bond donors (Lipinski definition) is 0. The van der Waals surface area contributed by atoms with Crippen LogP contribution in [0.15, 0.2) is 127 Å². The molecule has 2 fully saturated rings. The van der Waals surface area contributed by atoms with Gasteiger partial charge in [-0.15, -0.1) is 0 Å². The third-order valence-corrected chi connectivity index (χ3v) is 11.2. The third kappa shape index (κ3) is 5.86. The Kier molecular flexibility index (Phi) is 8.05. The van der Waals surface area contributed by atoms with Crippen molar-refractivity contribution in [2.45, 2.75) is 76.0 Å². The number of benzene rings is 5. The van der Waals surface area contributed by atoms with E-state index < -0.39 is 0 Å². The topological polar surface area (TPSA) is 30.7 Å². The minimum absolute atomic E-state index is 0.687. The Labute approximate surface area is 289 Å². The lowest BCUT2D eigenvalue weighted by Gasteiger charge is -2.22. The van der Waals surface area contributed by atoms with Gasteiger partial charge in [0, 0.05) is 33.2 Å². The van der Waals surface area contributed by atoms with E-state index in [1.165, 1.54) is 103 Å². The molecule has 242 valence electrons. The van der Waals surface area contributed by atoms with Crippen LogP contribution < -0.4 is 0 Å². The van der Waals surface area contributed by atoms with Gasteiger partial charge in [-0.1, -0.05) is 123 Å². The molecule has 0 radical (unpaired) electrons. The molecule has 7 aromatic rings. The first kappa shape index (κ1) is 30.1. The zero-order valence-electron chi connectivity index (χ0n) is 28.2. The second kappa shape index (κ2) is 13.1. The minimum atomic E-state index is 0.687. The maximum atomic E-state index is 5.08. The van der Waals surface area contributed by atoms with E-state index in [1.54, 1.807) is 0 Å². The summed E-state index contributed by atoms with van der Waals surface area (Å²) in [5.74, 6) is 2.12. The van der Waals surface area contributed by atoms with Gasteiger partial charge in [0.05, 0.1) is 22.4 Å². The maximum absolute atomic E-state index is 5.08. The molecule has 49 heavy (non-hydrogen) atoms. The molecule has 5 aromatic carbocycles. The quantitative estimate of drug-likeness (QED) is 0.182. The van der Waals surface area contributed by atoms with Gasteiger partial charge >= 0.3 is 0 Å². The molecule has 0 saturated heterocycles. The van der Waals surface area contributed by atoms with Crippen molar-refractivity contribution in [1.82, 2.24) is 14.5 Å². The van der Waals surface area contributed by atoms with Gasteiger partial charge < -0.3 is 4.57 Å². The Hall–Kier alpha value is -5.02. The summed E-state index contributed by atoms with van der Waals surface area (Å²) in [6, 6.07) is 46.5. The van der Waals surface area contributed by atoms with Crippen molar-refractivity contribution in [1.29, 1.82) is 0 Å². The largest absolute Gasteiger partial charge is 0.309 e. The first-order valence-corrected chi connectivity index (χ1v) is 18.5. The smallest absolute Gasteiger partial charge is 0.160 e. The van der Waals surface area contributed by atoms with E-state index >= 15 is 0 Å². The third-order valence-electron chi connectivity index (χ3n) is 11.2. The lowest BCUT2D eigenvalue weighted by atomic mass is 9.83. The van der Waals surface area contributed by atoms with E-state index in [1.807, 2.05) is 24.3 Å². The summed E-state index contributed by atoms with van der Waals surface area (Å²) in [5.41, 5.74) is 11.9. The molecule has 3 nitrogen and oxygen atoms in total. The Balaban J connectivity index is 1.15. The fourth-order valence-corrected chi connectivity index (χ4v) is 8.57. The molecule has 2 aromatic heterocycles. The predicted molar refractivity (Wildman–Crippen MR) is 204 cm³/mol. The summed E-state index contributed by atoms with van der Waals surface area (Å²) in [7, 11) is 0. The van der Waals surface area contributed by atoms with Crippen molar-refractivity contribution < 1.29 is 0 Å². The van der Waals surface area contributed by atoms with Gasteiger partial charge in [-0.3, -0.25) is 0 Å². The van der Waals surface area contributed by atoms with E-state index in [-0.39, 0.29) is 0 Å². The van der Waals surface area contributed by atoms with Crippen LogP contribution in [0.25, 0.3) is 61.4 Å². The van der Waals surface area contributed by atoms with Crippen molar-refractivity contribution in [3.63, 3.8) is 0 Å². The Morgan fingerprint density at radius 2 is 0.898 bits per heavy atom. The number of nitrogens with zero attached hydrogens (tertiary/aromatic N) is 3. The molecule has 2 aliphatic rings. The van der Waals surface area contributed by atoms with Crippen molar-refractivity contribution in [2.75, 3.05) is 0 Å². The molecule has 0 unspecified atom stereocenters. The highest BCUT2D eigenvalue weighted by Crippen LogP contribution is 2.41. The molecule has 9 rings (SSSR count). The molecule has 0 amide bonds. The van der Waals surface area contributed by atoms with Crippen molar-refractivity contribution in [3.05, 3.63) is 139 Å². The van der Waals surface area contributed by atoms with Crippen LogP contribution in [0.3, 0.4) is 0 Å². The van der Waals surface area contributed by atoms with Crippen LogP contribution in [-0.2, 0) is 0 Å². The number of rotatable bonds is 6. The number of fused-ring (bicyclic) bond motifs is 3. The number of aromatic nitrogens is 3. The van der Waals surface area contributed by atoms with E-state index in [0.29, 0.717) is 11.8 Å². The van der Waals surface area contributed by atoms with Crippen LogP contribution in [0.5, 0.6) is 0 Å². The van der Waals surface area contributed by atoms with E-state index in [0.717, 1.165) is 33.9 Å². The predicted octanol–water partition coefficient (Wildman–Crippen LogP) is 12.7. The first-order chi connectivity index (χ1) is 24.3. The van der Waals surface area contributed by atoms with Crippen molar-refractivity contribution in [2.24, 2.45) is 0 Å². The van der Waals surface area contributed by atoms with Gasteiger partial charge in [-0.05, 0) is 91.1 Å². The summed E-state index contributed by atoms with van der Waals surface area (Å²) in [5, 5.41) is 2.80. The standard InChI is InChI=1S/C46H43N3/c1-5-13-32(14-6-1)37-23-27-44-40(29-37)41-30-38(33-15-7-2-8-16-33)24-28-45(41)49(44)39-25-21-35(22-26-39)43-31-42(34-17-9-3-10-18-34)47-46(48-43)36-19-11-4-12-20-36/h3-4,9-12,17-33H,1-2,5-8,13-16H2. The SMILES string of the molecule is c1ccc(-c2cc(-c3ccc(-n4c5ccc(C6CCCCC6)cc5c5cc(C6CCCCC6)ccc54)cc3)nc(-c3ccccc3)n2)cc1. The molecule has 3 heteroatoms. The molecule has 2 saturated carbocycles. The van der Waals surface area contributed by atoms with E-state index in [9.17, 15) is 0 Å². The highest BCUT2D eigenvalue weighted by molar-refractivity contribution is 6.09. The summed E-state index contributed by atoms with van der Waals surface area (Å²) >= 11 is 0. The molecular formula is C46H43N3. The average Bonchev–Trinajstić information content (AvgIpc) is 3.52. The minimum Gasteiger partial charge on any atom is -0.309 e. The van der Waals surface area contributed by atoms with Crippen LogP contribution >= 0.6 is 0 Å². The number of hydrogen-bond acceptors (Lipinski definition) is 2. The molecule has 0 aliphatic heterocycles. The highest BCUT2D eigenvalue weighted by atomic mass is 15.0. The van der Waals surface area contributed by atoms with Crippen LogP contribution in [0.4, 0.5) is 0 Å². The second-order valence-corrected chi connectivity index (χ2v) is 14.3. The fourth-order valence-electron chi connectivity index (χ4n) is 8.57. The van der Waals surface area contributed by atoms with Gasteiger partial charge in [0.25, 0.3) is 0 Å². The lowest BCUT2D eigenvalue weighted by Crippen LogP contribution is -2.04. The van der Waals surface area contributed by atoms with E-state index in [4.69, 9.17) is 9.97 Å². The van der Waals surface area contributed by atoms with Crippen LogP contribution in [0, 0.1) is 0 Å². The van der Waals surface area contributed by atoms with Gasteiger partial charge in [0.2, 0.25) is 0 Å². The maximum Gasteiger partial charge on any atom is 0.160 e. The monoisotopic (exact) mass is 637 g/mol. The summed E-state index contributed by atoms with van der Waals surface area (Å²) < 4.78 is 2.48. The van der Waals surface area contributed by atoms with Crippen LogP contribution in [0.2, 0.25) is 0 Å². The zero-order chi connectivity index (χ0) is 32.6. The Bertz CT molecular complexity index is 2090. The summed E-state index contributed by atoms with van der Waals surface area (Å²) in [4.78, 5) is 10.1. The Morgan fingerprint density at radius 1 is 0.429 bits per heavy atom. The van der Waals surface area contributed by atoms with Gasteiger partial charge in [-0.25, -0.2) is 9.97 Å². The van der Waals surface area contributed by atoms with Gasteiger partial charge in [0.15, 0.2) is 5.82 Å². The molecule has 2 heterocycles. The molecule has 0 spiro atoms. The normalized spacial score (nSPS) is 16.0. The molecule has 0 atom stereocenters.